The van der Waals surface area contributed by atoms with Gasteiger partial charge in [-0.05, 0) is 37.1 Å². The van der Waals surface area contributed by atoms with E-state index in [-0.39, 0.29) is 5.91 Å². The minimum Gasteiger partial charge on any atom is -0.496 e. The van der Waals surface area contributed by atoms with Gasteiger partial charge in [-0.1, -0.05) is 42.5 Å². The van der Waals surface area contributed by atoms with Crippen LogP contribution in [0.1, 0.15) is 18.4 Å². The third-order valence-corrected chi connectivity index (χ3v) is 6.66. The van der Waals surface area contributed by atoms with Crippen molar-refractivity contribution in [2.45, 2.75) is 24.9 Å². The Morgan fingerprint density at radius 2 is 1.94 bits per heavy atom. The zero-order valence-electron chi connectivity index (χ0n) is 19.3. The molecule has 32 heavy (non-hydrogen) atoms. The molecule has 2 heterocycles. The molecule has 0 saturated carbocycles. The molecule has 2 aliphatic heterocycles. The Morgan fingerprint density at radius 1 is 1.12 bits per heavy atom. The Labute approximate surface area is 191 Å². The zero-order chi connectivity index (χ0) is 22.4. The van der Waals surface area contributed by atoms with Gasteiger partial charge in [0.15, 0.2) is 5.60 Å². The number of amides is 1. The summed E-state index contributed by atoms with van der Waals surface area (Å²) in [5.74, 6) is 0.866. The number of rotatable bonds is 8. The molecule has 0 radical (unpaired) electrons. The average Bonchev–Trinajstić information content (AvgIpc) is 3.30. The first-order valence-corrected chi connectivity index (χ1v) is 11.7. The van der Waals surface area contributed by atoms with Crippen LogP contribution in [0.4, 0.5) is 0 Å². The molecule has 4 rings (SSSR count). The lowest BCUT2D eigenvalue weighted by Crippen LogP contribution is -2.51. The van der Waals surface area contributed by atoms with Gasteiger partial charge in [-0.25, -0.2) is 0 Å². The van der Waals surface area contributed by atoms with Gasteiger partial charge in [-0.3, -0.25) is 9.69 Å². The van der Waals surface area contributed by atoms with Crippen molar-refractivity contribution < 1.29 is 14.3 Å². The molecule has 2 aromatic rings. The summed E-state index contributed by atoms with van der Waals surface area (Å²) in [4.78, 5) is 18.0. The van der Waals surface area contributed by atoms with E-state index >= 15 is 0 Å². The van der Waals surface area contributed by atoms with E-state index in [1.54, 1.807) is 7.11 Å². The topological polar surface area (TPSA) is 54.0 Å². The number of carbonyl (C=O) groups is 1. The first-order valence-electron chi connectivity index (χ1n) is 11.7. The molecule has 1 N–H and O–H groups in total. The van der Waals surface area contributed by atoms with Crippen molar-refractivity contribution >= 4 is 5.91 Å². The van der Waals surface area contributed by atoms with Gasteiger partial charge in [0.25, 0.3) is 5.91 Å². The smallest absolute Gasteiger partial charge is 0.252 e. The Hall–Kier alpha value is -2.41. The molecular formula is C26H35N3O3. The summed E-state index contributed by atoms with van der Waals surface area (Å²) in [5, 5.41) is 3.17. The van der Waals surface area contributed by atoms with Crippen molar-refractivity contribution in [1.29, 1.82) is 0 Å². The Balaban J connectivity index is 1.42. The van der Waals surface area contributed by atoms with Crippen LogP contribution in [0.5, 0.6) is 5.75 Å². The van der Waals surface area contributed by atoms with E-state index in [0.29, 0.717) is 19.6 Å². The predicted molar refractivity (Wildman–Crippen MR) is 127 cm³/mol. The van der Waals surface area contributed by atoms with Crippen molar-refractivity contribution in [2.75, 3.05) is 60.0 Å². The highest BCUT2D eigenvalue weighted by atomic mass is 16.5. The third kappa shape index (κ3) is 5.31. The first kappa shape index (κ1) is 22.8. The molecule has 0 spiro atoms. The summed E-state index contributed by atoms with van der Waals surface area (Å²) in [6, 6.07) is 16.4. The maximum absolute atomic E-state index is 13.2. The van der Waals surface area contributed by atoms with Gasteiger partial charge in [0.2, 0.25) is 0 Å². The molecule has 0 bridgehead atoms. The number of benzene rings is 2. The van der Waals surface area contributed by atoms with E-state index in [0.717, 1.165) is 68.0 Å². The highest BCUT2D eigenvalue weighted by Crippen LogP contribution is 2.33. The number of hydrogen-bond acceptors (Lipinski definition) is 5. The van der Waals surface area contributed by atoms with Crippen LogP contribution in [-0.4, -0.2) is 81.3 Å². The summed E-state index contributed by atoms with van der Waals surface area (Å²) < 4.78 is 11.6. The van der Waals surface area contributed by atoms with Gasteiger partial charge >= 0.3 is 0 Å². The molecular weight excluding hydrogens is 402 g/mol. The maximum atomic E-state index is 13.2. The molecule has 2 aliphatic rings. The standard InChI is InChI=1S/C26H35N3O3/c1-28-14-16-29(17-15-28)13-12-27-25(30)26(11-6-18-32-26)20-21-7-5-8-22(19-21)23-9-3-4-10-24(23)31-2/h3-5,7-10,19H,6,11-18,20H2,1-2H3,(H,27,30)/t26-/m1/s1. The molecule has 6 nitrogen and oxygen atoms in total. The quantitative estimate of drug-likeness (QED) is 0.688. The first-order chi connectivity index (χ1) is 15.6. The van der Waals surface area contributed by atoms with E-state index in [4.69, 9.17) is 9.47 Å². The van der Waals surface area contributed by atoms with Crippen LogP contribution in [0.15, 0.2) is 48.5 Å². The summed E-state index contributed by atoms with van der Waals surface area (Å²) in [6.07, 6.45) is 2.25. The van der Waals surface area contributed by atoms with Gasteiger partial charge in [0.1, 0.15) is 5.75 Å². The van der Waals surface area contributed by atoms with E-state index < -0.39 is 5.60 Å². The number of piperazine rings is 1. The fourth-order valence-corrected chi connectivity index (χ4v) is 4.72. The van der Waals surface area contributed by atoms with Gasteiger partial charge in [0.05, 0.1) is 7.11 Å². The molecule has 0 aliphatic carbocycles. The van der Waals surface area contributed by atoms with Crippen LogP contribution < -0.4 is 10.1 Å². The molecule has 2 fully saturated rings. The van der Waals surface area contributed by atoms with Crippen molar-refractivity contribution in [3.63, 3.8) is 0 Å². The molecule has 2 aromatic carbocycles. The van der Waals surface area contributed by atoms with Crippen LogP contribution in [0, 0.1) is 0 Å². The van der Waals surface area contributed by atoms with Crippen LogP contribution >= 0.6 is 0 Å². The fourth-order valence-electron chi connectivity index (χ4n) is 4.72. The molecule has 6 heteroatoms. The summed E-state index contributed by atoms with van der Waals surface area (Å²) in [7, 11) is 3.85. The molecule has 0 aromatic heterocycles. The van der Waals surface area contributed by atoms with Crippen molar-refractivity contribution in [1.82, 2.24) is 15.1 Å². The number of carbonyl (C=O) groups excluding carboxylic acids is 1. The minimum atomic E-state index is -0.776. The summed E-state index contributed by atoms with van der Waals surface area (Å²) in [6.45, 7) is 6.48. The average molecular weight is 438 g/mol. The zero-order valence-corrected chi connectivity index (χ0v) is 19.3. The second kappa shape index (κ2) is 10.5. The number of nitrogens with zero attached hydrogens (tertiary/aromatic N) is 2. The second-order valence-corrected chi connectivity index (χ2v) is 8.92. The maximum Gasteiger partial charge on any atom is 0.252 e. The summed E-state index contributed by atoms with van der Waals surface area (Å²) in [5.41, 5.74) is 2.46. The Kier molecular flexibility index (Phi) is 7.45. The monoisotopic (exact) mass is 437 g/mol. The van der Waals surface area contributed by atoms with E-state index in [1.807, 2.05) is 24.3 Å². The van der Waals surface area contributed by atoms with Crippen LogP contribution in [0.25, 0.3) is 11.1 Å². The highest BCUT2D eigenvalue weighted by molar-refractivity contribution is 5.86. The number of hydrogen-bond donors (Lipinski definition) is 1. The molecule has 1 amide bonds. The molecule has 1 atom stereocenters. The largest absolute Gasteiger partial charge is 0.496 e. The fraction of sp³-hybridized carbons (Fsp3) is 0.500. The molecule has 0 unspecified atom stereocenters. The Bertz CT molecular complexity index is 903. The predicted octanol–water partition coefficient (Wildman–Crippen LogP) is 2.82. The normalized spacial score (nSPS) is 22.1. The molecule has 2 saturated heterocycles. The lowest BCUT2D eigenvalue weighted by Gasteiger charge is -2.33. The highest BCUT2D eigenvalue weighted by Gasteiger charge is 2.42. The molecule has 172 valence electrons. The lowest BCUT2D eigenvalue weighted by atomic mass is 9.89. The van der Waals surface area contributed by atoms with Crippen molar-refractivity contribution in [2.24, 2.45) is 0 Å². The van der Waals surface area contributed by atoms with Crippen LogP contribution in [0.3, 0.4) is 0 Å². The van der Waals surface area contributed by atoms with Crippen LogP contribution in [-0.2, 0) is 16.0 Å². The lowest BCUT2D eigenvalue weighted by molar-refractivity contribution is -0.141. The van der Waals surface area contributed by atoms with Crippen molar-refractivity contribution in [3.05, 3.63) is 54.1 Å². The van der Waals surface area contributed by atoms with E-state index in [2.05, 4.69) is 46.4 Å². The van der Waals surface area contributed by atoms with Gasteiger partial charge in [0, 0.05) is 57.9 Å². The Morgan fingerprint density at radius 3 is 2.69 bits per heavy atom. The number of ether oxygens (including phenoxy) is 2. The summed E-state index contributed by atoms with van der Waals surface area (Å²) >= 11 is 0. The number of nitrogens with one attached hydrogen (secondary N) is 1. The number of likely N-dealkylation sites (N-methyl/N-ethyl adjacent to an activating group) is 1. The SMILES string of the molecule is COc1ccccc1-c1cccc(C[C@@]2(C(=O)NCCN3CCN(C)CC3)CCCO2)c1. The number of methoxy groups -OCH3 is 1. The van der Waals surface area contributed by atoms with Crippen LogP contribution in [0.2, 0.25) is 0 Å². The number of para-hydroxylation sites is 1. The van der Waals surface area contributed by atoms with Crippen molar-refractivity contribution in [3.8, 4) is 16.9 Å². The third-order valence-electron chi connectivity index (χ3n) is 6.66. The van der Waals surface area contributed by atoms with Gasteiger partial charge in [-0.15, -0.1) is 0 Å². The van der Waals surface area contributed by atoms with Gasteiger partial charge < -0.3 is 19.7 Å². The van der Waals surface area contributed by atoms with E-state index in [1.165, 1.54) is 0 Å². The van der Waals surface area contributed by atoms with Gasteiger partial charge in [-0.2, -0.15) is 0 Å². The van der Waals surface area contributed by atoms with E-state index in [9.17, 15) is 4.79 Å². The minimum absolute atomic E-state index is 0.0202. The second-order valence-electron chi connectivity index (χ2n) is 8.92.